The van der Waals surface area contributed by atoms with Gasteiger partial charge < -0.3 is 52.0 Å². The number of methoxy groups -OCH3 is 2. The molecule has 0 aliphatic rings. The van der Waals surface area contributed by atoms with Gasteiger partial charge in [0.05, 0.1) is 104 Å². The zero-order valence-corrected chi connectivity index (χ0v) is 28.3. The Morgan fingerprint density at radius 2 is 1.04 bits per heavy atom. The van der Waals surface area contributed by atoms with Crippen LogP contribution in [-0.2, 0) is 37.9 Å². The smallest absolute Gasteiger partial charge is 0.504 e. The first-order chi connectivity index (χ1) is 23.5. The topological polar surface area (TPSA) is 114 Å². The van der Waals surface area contributed by atoms with Crippen molar-refractivity contribution in [2.45, 2.75) is 13.0 Å². The van der Waals surface area contributed by atoms with Gasteiger partial charge in [0.25, 0.3) is 0 Å². The third-order valence-electron chi connectivity index (χ3n) is 6.34. The molecule has 0 saturated carbocycles. The highest BCUT2D eigenvalue weighted by Crippen LogP contribution is 2.34. The minimum Gasteiger partial charge on any atom is -0.504 e. The van der Waals surface area contributed by atoms with Crippen LogP contribution in [0.4, 0.5) is 8.63 Å². The molecule has 48 heavy (non-hydrogen) atoms. The van der Waals surface area contributed by atoms with E-state index in [9.17, 15) is 8.63 Å². The zero-order chi connectivity index (χ0) is 34.5. The van der Waals surface area contributed by atoms with Crippen LogP contribution in [-0.4, -0.2) is 134 Å². The van der Waals surface area contributed by atoms with Crippen LogP contribution in [0.1, 0.15) is 24.1 Å². The second-order valence-corrected chi connectivity index (χ2v) is 9.93. The van der Waals surface area contributed by atoms with Crippen LogP contribution in [0.5, 0.6) is 17.2 Å². The van der Waals surface area contributed by atoms with Crippen LogP contribution in [0.3, 0.4) is 0 Å². The molecule has 12 nitrogen and oxygen atoms in total. The number of benzene rings is 2. The van der Waals surface area contributed by atoms with E-state index in [2.05, 4.69) is 4.99 Å². The maximum Gasteiger partial charge on any atom is 0.796 e. The summed E-state index contributed by atoms with van der Waals surface area (Å²) in [4.78, 5) is 4.59. The van der Waals surface area contributed by atoms with Crippen LogP contribution in [0.25, 0.3) is 0 Å². The Balaban J connectivity index is 1.94. The first-order valence-corrected chi connectivity index (χ1v) is 16.0. The number of aliphatic imine (C=N–C) groups is 1. The Morgan fingerprint density at radius 3 is 1.52 bits per heavy atom. The van der Waals surface area contributed by atoms with Crippen LogP contribution < -0.4 is 14.1 Å². The minimum absolute atomic E-state index is 0.132. The summed E-state index contributed by atoms with van der Waals surface area (Å²) in [5.74, 6) is 0.386. The molecule has 2 rings (SSSR count). The summed E-state index contributed by atoms with van der Waals surface area (Å²) in [6, 6.07) is 12.4. The molecule has 0 aliphatic heterocycles. The van der Waals surface area contributed by atoms with Crippen molar-refractivity contribution in [2.24, 2.45) is 4.99 Å². The van der Waals surface area contributed by atoms with Gasteiger partial charge in [-0.05, 0) is 12.5 Å². The lowest BCUT2D eigenvalue weighted by molar-refractivity contribution is -0.000113. The lowest BCUT2D eigenvalue weighted by Gasteiger charge is -2.17. The molecule has 0 fully saturated rings. The first-order valence-electron chi connectivity index (χ1n) is 16.0. The standard InChI is InChI=1S/C33H50BF2NO11/c1-28(29-7-5-4-6-8-29)37-27-31-32(47-24-22-45-20-18-43-16-14-41-12-10-39-3)25-30(26-33(31)48-34(35)36)46-23-21-44-19-17-42-15-13-40-11-9-38-2/h4-8,25-28H,9-24H2,1-3H3. The molecule has 0 spiro atoms. The highest BCUT2D eigenvalue weighted by atomic mass is 19.2. The van der Waals surface area contributed by atoms with Gasteiger partial charge in [-0.2, -0.15) is 0 Å². The summed E-state index contributed by atoms with van der Waals surface area (Å²) in [7, 11) is 0.155. The van der Waals surface area contributed by atoms with Crippen molar-refractivity contribution in [1.29, 1.82) is 0 Å². The van der Waals surface area contributed by atoms with Gasteiger partial charge in [0.1, 0.15) is 30.5 Å². The lowest BCUT2D eigenvalue weighted by atomic mass is 10.1. The molecule has 0 saturated heterocycles. The van der Waals surface area contributed by atoms with E-state index >= 15 is 0 Å². The van der Waals surface area contributed by atoms with Crippen molar-refractivity contribution in [3.63, 3.8) is 0 Å². The van der Waals surface area contributed by atoms with Crippen LogP contribution in [0.2, 0.25) is 0 Å². The fourth-order valence-electron chi connectivity index (χ4n) is 3.90. The van der Waals surface area contributed by atoms with Crippen LogP contribution >= 0.6 is 0 Å². The van der Waals surface area contributed by atoms with E-state index in [-0.39, 0.29) is 55.3 Å². The molecule has 270 valence electrons. The SMILES string of the molecule is COCCOCCOCCOCCOc1cc(OCCOCCOCCOCCOC)c(C=NC(C)c2ccccc2)c(OB(F)F)c1. The maximum atomic E-state index is 13.5. The highest BCUT2D eigenvalue weighted by Gasteiger charge is 2.23. The molecule has 0 N–H and O–H groups in total. The molecular formula is C33H50BF2NO11. The molecule has 0 aliphatic carbocycles. The van der Waals surface area contributed by atoms with E-state index in [1.807, 2.05) is 37.3 Å². The van der Waals surface area contributed by atoms with Crippen molar-refractivity contribution in [2.75, 3.05) is 120 Å². The molecule has 15 heteroatoms. The van der Waals surface area contributed by atoms with E-state index in [1.54, 1.807) is 20.3 Å². The normalized spacial score (nSPS) is 12.0. The monoisotopic (exact) mass is 685 g/mol. The highest BCUT2D eigenvalue weighted by molar-refractivity contribution is 6.35. The van der Waals surface area contributed by atoms with Crippen molar-refractivity contribution < 1.29 is 60.7 Å². The molecule has 0 heterocycles. The number of nitrogens with zero attached hydrogens (tertiary/aromatic N) is 1. The summed E-state index contributed by atoms with van der Waals surface area (Å²) >= 11 is 0. The first kappa shape index (κ1) is 41.3. The largest absolute Gasteiger partial charge is 0.796 e. The molecule has 0 aromatic heterocycles. The molecule has 2 aromatic carbocycles. The Kier molecular flexibility index (Phi) is 24.1. The van der Waals surface area contributed by atoms with Gasteiger partial charge in [0.2, 0.25) is 0 Å². The number of hydrogen-bond donors (Lipinski definition) is 0. The second kappa shape index (κ2) is 28.0. The molecule has 0 bridgehead atoms. The maximum absolute atomic E-state index is 13.5. The number of halogens is 2. The molecule has 1 unspecified atom stereocenters. The van der Waals surface area contributed by atoms with E-state index in [4.69, 9.17) is 52.0 Å². The average molecular weight is 686 g/mol. The summed E-state index contributed by atoms with van der Waals surface area (Å²) in [6.07, 6.45) is 1.48. The quantitative estimate of drug-likeness (QED) is 0.0643. The molecule has 2 aromatic rings. The van der Waals surface area contributed by atoms with Crippen molar-refractivity contribution in [1.82, 2.24) is 0 Å². The average Bonchev–Trinajstić information content (AvgIpc) is 3.08. The zero-order valence-electron chi connectivity index (χ0n) is 28.3. The molecule has 0 radical (unpaired) electrons. The third kappa shape index (κ3) is 19.8. The fourth-order valence-corrected chi connectivity index (χ4v) is 3.90. The van der Waals surface area contributed by atoms with E-state index in [0.717, 1.165) is 5.56 Å². The number of rotatable bonds is 31. The van der Waals surface area contributed by atoms with Gasteiger partial charge in [-0.25, -0.2) is 8.63 Å². The van der Waals surface area contributed by atoms with Gasteiger partial charge in [-0.3, -0.25) is 4.99 Å². The van der Waals surface area contributed by atoms with E-state index < -0.39 is 7.47 Å². The summed E-state index contributed by atoms with van der Waals surface area (Å²) in [6.45, 7) is 8.09. The van der Waals surface area contributed by atoms with Crippen molar-refractivity contribution in [3.8, 4) is 17.2 Å². The number of hydrogen-bond acceptors (Lipinski definition) is 12. The third-order valence-corrected chi connectivity index (χ3v) is 6.34. The molecule has 0 amide bonds. The van der Waals surface area contributed by atoms with Crippen LogP contribution in [0.15, 0.2) is 47.5 Å². The predicted octanol–water partition coefficient (Wildman–Crippen LogP) is 4.32. The minimum atomic E-state index is -3.07. The van der Waals surface area contributed by atoms with Crippen molar-refractivity contribution >= 4 is 13.7 Å². The molecular weight excluding hydrogens is 635 g/mol. The van der Waals surface area contributed by atoms with Gasteiger partial charge >= 0.3 is 7.47 Å². The summed E-state index contributed by atoms with van der Waals surface area (Å²) < 4.78 is 86.2. The Labute approximate surface area is 283 Å². The van der Waals surface area contributed by atoms with Gasteiger partial charge in [-0.15, -0.1) is 0 Å². The van der Waals surface area contributed by atoms with Gasteiger partial charge in [-0.1, -0.05) is 30.3 Å². The Bertz CT molecular complexity index is 1090. The van der Waals surface area contributed by atoms with Gasteiger partial charge in [0.15, 0.2) is 0 Å². The fraction of sp³-hybridized carbons (Fsp3) is 0.606. The molecule has 1 atom stereocenters. The van der Waals surface area contributed by atoms with Crippen molar-refractivity contribution in [3.05, 3.63) is 53.6 Å². The Hall–Kier alpha value is -2.89. The predicted molar refractivity (Wildman–Crippen MR) is 177 cm³/mol. The summed E-state index contributed by atoms with van der Waals surface area (Å²) in [5, 5.41) is 0. The van der Waals surface area contributed by atoms with Crippen LogP contribution in [0, 0.1) is 0 Å². The van der Waals surface area contributed by atoms with Gasteiger partial charge in [0, 0.05) is 32.6 Å². The summed E-state index contributed by atoms with van der Waals surface area (Å²) in [5.41, 5.74) is 1.22. The Morgan fingerprint density at radius 1 is 0.604 bits per heavy atom. The van der Waals surface area contributed by atoms with E-state index in [1.165, 1.54) is 12.3 Å². The lowest BCUT2D eigenvalue weighted by Crippen LogP contribution is -2.15. The van der Waals surface area contributed by atoms with E-state index in [0.29, 0.717) is 79.3 Å². The second-order valence-electron chi connectivity index (χ2n) is 9.93. The number of ether oxygens (including phenoxy) is 10.